The predicted molar refractivity (Wildman–Crippen MR) is 56.8 cm³/mol. The quantitative estimate of drug-likeness (QED) is 0.806. The van der Waals surface area contributed by atoms with E-state index in [-0.39, 0.29) is 6.61 Å². The molecule has 0 aliphatic heterocycles. The summed E-state index contributed by atoms with van der Waals surface area (Å²) in [5, 5.41) is 9.40. The van der Waals surface area contributed by atoms with E-state index in [1.165, 1.54) is 0 Å². The van der Waals surface area contributed by atoms with Crippen LogP contribution in [0.2, 0.25) is 5.02 Å². The minimum atomic E-state index is -0.461. The van der Waals surface area contributed by atoms with Crippen molar-refractivity contribution in [3.05, 3.63) is 28.3 Å². The molecule has 1 unspecified atom stereocenters. The molecule has 0 amide bonds. The zero-order valence-electron chi connectivity index (χ0n) is 8.25. The lowest BCUT2D eigenvalue weighted by atomic mass is 10.1. The molecular formula is C10H14ClNO2. The van der Waals surface area contributed by atoms with Crippen LogP contribution in [-0.4, -0.2) is 18.8 Å². The topological polar surface area (TPSA) is 55.5 Å². The zero-order valence-corrected chi connectivity index (χ0v) is 9.01. The average molecular weight is 216 g/mol. The molecule has 0 bridgehead atoms. The number of hydrogen-bond donors (Lipinski definition) is 2. The fourth-order valence-electron chi connectivity index (χ4n) is 1.30. The Morgan fingerprint density at radius 1 is 1.57 bits per heavy atom. The van der Waals surface area contributed by atoms with Gasteiger partial charge in [-0.2, -0.15) is 0 Å². The highest BCUT2D eigenvalue weighted by Crippen LogP contribution is 2.33. The van der Waals surface area contributed by atoms with Crippen LogP contribution >= 0.6 is 11.6 Å². The summed E-state index contributed by atoms with van der Waals surface area (Å²) in [5.74, 6) is 0.619. The van der Waals surface area contributed by atoms with Gasteiger partial charge in [0.1, 0.15) is 5.75 Å². The van der Waals surface area contributed by atoms with Crippen LogP contribution in [0.1, 0.15) is 17.2 Å². The molecule has 0 saturated heterocycles. The van der Waals surface area contributed by atoms with Gasteiger partial charge in [-0.3, -0.25) is 0 Å². The number of rotatable bonds is 3. The highest BCUT2D eigenvalue weighted by atomic mass is 35.5. The van der Waals surface area contributed by atoms with Gasteiger partial charge in [-0.25, -0.2) is 0 Å². The second-order valence-electron chi connectivity index (χ2n) is 3.11. The Kier molecular flexibility index (Phi) is 3.75. The maximum absolute atomic E-state index is 8.92. The average Bonchev–Trinajstić information content (AvgIpc) is 2.18. The zero-order chi connectivity index (χ0) is 10.7. The predicted octanol–water partition coefficient (Wildman–Crippen LogP) is 1.65. The summed E-state index contributed by atoms with van der Waals surface area (Å²) in [4.78, 5) is 0. The molecule has 0 saturated carbocycles. The van der Waals surface area contributed by atoms with Gasteiger partial charge in [0.25, 0.3) is 0 Å². The van der Waals surface area contributed by atoms with E-state index in [2.05, 4.69) is 0 Å². The van der Waals surface area contributed by atoms with Gasteiger partial charge < -0.3 is 15.6 Å². The molecule has 0 aliphatic carbocycles. The SMILES string of the molecule is COc1c(C)ccc(C(N)CO)c1Cl. The smallest absolute Gasteiger partial charge is 0.140 e. The van der Waals surface area contributed by atoms with Gasteiger partial charge >= 0.3 is 0 Å². The van der Waals surface area contributed by atoms with Crippen LogP contribution in [0.3, 0.4) is 0 Å². The fraction of sp³-hybridized carbons (Fsp3) is 0.400. The number of ether oxygens (including phenoxy) is 1. The van der Waals surface area contributed by atoms with E-state index < -0.39 is 6.04 Å². The molecule has 1 aromatic carbocycles. The van der Waals surface area contributed by atoms with Gasteiger partial charge in [-0.1, -0.05) is 23.7 Å². The second-order valence-corrected chi connectivity index (χ2v) is 3.49. The van der Waals surface area contributed by atoms with Crippen LogP contribution in [-0.2, 0) is 0 Å². The molecule has 3 nitrogen and oxygen atoms in total. The Labute approximate surface area is 88.4 Å². The first-order chi connectivity index (χ1) is 6.61. The number of benzene rings is 1. The number of hydrogen-bond acceptors (Lipinski definition) is 3. The van der Waals surface area contributed by atoms with Gasteiger partial charge in [0.05, 0.1) is 24.8 Å². The van der Waals surface area contributed by atoms with E-state index >= 15 is 0 Å². The van der Waals surface area contributed by atoms with Gasteiger partial charge in [0.2, 0.25) is 0 Å². The van der Waals surface area contributed by atoms with E-state index in [1.807, 2.05) is 13.0 Å². The Morgan fingerprint density at radius 3 is 2.71 bits per heavy atom. The largest absolute Gasteiger partial charge is 0.495 e. The third kappa shape index (κ3) is 2.00. The van der Waals surface area contributed by atoms with Crippen molar-refractivity contribution >= 4 is 11.6 Å². The van der Waals surface area contributed by atoms with Crippen molar-refractivity contribution in [3.63, 3.8) is 0 Å². The second kappa shape index (κ2) is 4.64. The van der Waals surface area contributed by atoms with Crippen LogP contribution in [0.15, 0.2) is 12.1 Å². The molecule has 0 aromatic heterocycles. The molecule has 3 N–H and O–H groups in total. The van der Waals surface area contributed by atoms with Gasteiger partial charge in [-0.05, 0) is 18.1 Å². The van der Waals surface area contributed by atoms with Gasteiger partial charge in [0.15, 0.2) is 0 Å². The third-order valence-electron chi connectivity index (χ3n) is 2.12. The summed E-state index contributed by atoms with van der Waals surface area (Å²) in [6.07, 6.45) is 0. The van der Waals surface area contributed by atoms with E-state index in [4.69, 9.17) is 27.2 Å². The lowest BCUT2D eigenvalue weighted by Gasteiger charge is -2.14. The van der Waals surface area contributed by atoms with Crippen molar-refractivity contribution in [2.45, 2.75) is 13.0 Å². The van der Waals surface area contributed by atoms with E-state index in [1.54, 1.807) is 13.2 Å². The summed E-state index contributed by atoms with van der Waals surface area (Å²) in [7, 11) is 1.56. The van der Waals surface area contributed by atoms with Crippen molar-refractivity contribution in [2.24, 2.45) is 5.73 Å². The molecule has 78 valence electrons. The number of nitrogens with two attached hydrogens (primary N) is 1. The normalized spacial score (nSPS) is 12.6. The van der Waals surface area contributed by atoms with E-state index in [0.29, 0.717) is 16.3 Å². The van der Waals surface area contributed by atoms with Gasteiger partial charge in [-0.15, -0.1) is 0 Å². The summed E-state index contributed by atoms with van der Waals surface area (Å²) in [6, 6.07) is 3.22. The molecular weight excluding hydrogens is 202 g/mol. The molecule has 14 heavy (non-hydrogen) atoms. The molecule has 0 fully saturated rings. The number of methoxy groups -OCH3 is 1. The Morgan fingerprint density at radius 2 is 2.21 bits per heavy atom. The van der Waals surface area contributed by atoms with E-state index in [9.17, 15) is 0 Å². The molecule has 0 radical (unpaired) electrons. The minimum Gasteiger partial charge on any atom is -0.495 e. The number of aryl methyl sites for hydroxylation is 1. The molecule has 1 aromatic rings. The van der Waals surface area contributed by atoms with Crippen molar-refractivity contribution in [3.8, 4) is 5.75 Å². The summed E-state index contributed by atoms with van der Waals surface area (Å²) < 4.78 is 5.14. The maximum atomic E-state index is 8.92. The Balaban J connectivity index is 3.21. The van der Waals surface area contributed by atoms with Crippen LogP contribution in [0.5, 0.6) is 5.75 Å². The number of aliphatic hydroxyl groups is 1. The summed E-state index contributed by atoms with van der Waals surface area (Å²) >= 11 is 6.07. The molecule has 0 spiro atoms. The third-order valence-corrected chi connectivity index (χ3v) is 2.51. The molecule has 1 rings (SSSR count). The lowest BCUT2D eigenvalue weighted by Crippen LogP contribution is -2.15. The van der Waals surface area contributed by atoms with Crippen molar-refractivity contribution < 1.29 is 9.84 Å². The monoisotopic (exact) mass is 215 g/mol. The Hall–Kier alpha value is -0.770. The number of halogens is 1. The van der Waals surface area contributed by atoms with Crippen molar-refractivity contribution in [2.75, 3.05) is 13.7 Å². The summed E-state index contributed by atoms with van der Waals surface area (Å²) in [6.45, 7) is 1.77. The number of aliphatic hydroxyl groups excluding tert-OH is 1. The lowest BCUT2D eigenvalue weighted by molar-refractivity contribution is 0.267. The highest BCUT2D eigenvalue weighted by molar-refractivity contribution is 6.33. The summed E-state index contributed by atoms with van der Waals surface area (Å²) in [5.41, 5.74) is 7.33. The van der Waals surface area contributed by atoms with Crippen LogP contribution in [0.4, 0.5) is 0 Å². The van der Waals surface area contributed by atoms with Crippen molar-refractivity contribution in [1.82, 2.24) is 0 Å². The first-order valence-corrected chi connectivity index (χ1v) is 4.69. The highest BCUT2D eigenvalue weighted by Gasteiger charge is 2.14. The molecule has 0 aliphatic rings. The first kappa shape index (κ1) is 11.3. The molecule has 4 heteroatoms. The van der Waals surface area contributed by atoms with Crippen molar-refractivity contribution in [1.29, 1.82) is 0 Å². The van der Waals surface area contributed by atoms with Crippen LogP contribution in [0, 0.1) is 6.92 Å². The molecule has 1 atom stereocenters. The fourth-order valence-corrected chi connectivity index (χ4v) is 1.73. The first-order valence-electron chi connectivity index (χ1n) is 4.31. The minimum absolute atomic E-state index is 0.133. The van der Waals surface area contributed by atoms with Crippen LogP contribution < -0.4 is 10.5 Å². The maximum Gasteiger partial charge on any atom is 0.140 e. The van der Waals surface area contributed by atoms with E-state index in [0.717, 1.165) is 5.56 Å². The Bertz CT molecular complexity index is 328. The van der Waals surface area contributed by atoms with Gasteiger partial charge in [0, 0.05) is 0 Å². The van der Waals surface area contributed by atoms with Crippen LogP contribution in [0.25, 0.3) is 0 Å². The standard InChI is InChI=1S/C10H14ClNO2/c1-6-3-4-7(8(12)5-13)9(11)10(6)14-2/h3-4,8,13H,5,12H2,1-2H3. The molecule has 0 heterocycles.